The van der Waals surface area contributed by atoms with Crippen molar-refractivity contribution < 1.29 is 18.0 Å². The van der Waals surface area contributed by atoms with E-state index in [9.17, 15) is 18.0 Å². The number of carbonyl (C=O) groups excluding carboxylic acids is 2. The summed E-state index contributed by atoms with van der Waals surface area (Å²) < 4.78 is 22.6. The third kappa shape index (κ3) is 3.86. The van der Waals surface area contributed by atoms with Crippen molar-refractivity contribution in [1.29, 1.82) is 0 Å². The van der Waals surface area contributed by atoms with E-state index in [2.05, 4.69) is 17.8 Å². The zero-order valence-electron chi connectivity index (χ0n) is 12.8. The van der Waals surface area contributed by atoms with Gasteiger partial charge in [-0.1, -0.05) is 6.92 Å². The Morgan fingerprint density at radius 3 is 2.68 bits per heavy atom. The lowest BCUT2D eigenvalue weighted by Gasteiger charge is -2.16. The molecule has 22 heavy (non-hydrogen) atoms. The second-order valence-electron chi connectivity index (χ2n) is 5.82. The van der Waals surface area contributed by atoms with E-state index < -0.39 is 26.9 Å². The highest BCUT2D eigenvalue weighted by molar-refractivity contribution is 7.92. The van der Waals surface area contributed by atoms with Crippen LogP contribution in [0.2, 0.25) is 0 Å². The van der Waals surface area contributed by atoms with E-state index in [0.29, 0.717) is 10.8 Å². The van der Waals surface area contributed by atoms with E-state index in [4.69, 9.17) is 0 Å². The predicted octanol–water partition coefficient (Wildman–Crippen LogP) is 1.07. The SMILES string of the molecule is C[C@H]1CCc2sc(C(=O)NNC(=O)[C@@H](C)S(C)(=O)=O)cc2C1. The number of sulfone groups is 1. The van der Waals surface area contributed by atoms with Gasteiger partial charge in [0, 0.05) is 11.1 Å². The number of carbonyl (C=O) groups is 2. The van der Waals surface area contributed by atoms with Gasteiger partial charge in [0.1, 0.15) is 5.25 Å². The van der Waals surface area contributed by atoms with Gasteiger partial charge in [0.25, 0.3) is 11.8 Å². The Morgan fingerprint density at radius 1 is 1.36 bits per heavy atom. The average molecular weight is 344 g/mol. The maximum Gasteiger partial charge on any atom is 0.279 e. The Kier molecular flexibility index (Phi) is 4.91. The van der Waals surface area contributed by atoms with Crippen molar-refractivity contribution in [2.24, 2.45) is 5.92 Å². The lowest BCUT2D eigenvalue weighted by atomic mass is 9.90. The summed E-state index contributed by atoms with van der Waals surface area (Å²) in [5.74, 6) is -0.541. The van der Waals surface area contributed by atoms with Gasteiger partial charge < -0.3 is 0 Å². The molecule has 0 unspecified atom stereocenters. The van der Waals surface area contributed by atoms with Gasteiger partial charge >= 0.3 is 0 Å². The van der Waals surface area contributed by atoms with Crippen LogP contribution in [0.25, 0.3) is 0 Å². The second kappa shape index (κ2) is 6.37. The van der Waals surface area contributed by atoms with Gasteiger partial charge in [-0.05, 0) is 43.7 Å². The topological polar surface area (TPSA) is 92.3 Å². The summed E-state index contributed by atoms with van der Waals surface area (Å²) in [6.45, 7) is 3.47. The lowest BCUT2D eigenvalue weighted by Crippen LogP contribution is -2.47. The molecule has 0 bridgehead atoms. The van der Waals surface area contributed by atoms with Crippen LogP contribution in [-0.4, -0.2) is 31.7 Å². The number of hydrogen-bond donors (Lipinski definition) is 2. The zero-order chi connectivity index (χ0) is 16.5. The molecule has 0 aliphatic heterocycles. The second-order valence-corrected chi connectivity index (χ2v) is 9.33. The standard InChI is InChI=1S/C14H20N2O4S2/c1-8-4-5-11-10(6-8)7-12(21-11)14(18)16-15-13(17)9(2)22(3,19)20/h7-9H,4-6H2,1-3H3,(H,15,17)(H,16,18)/t8-,9+/m0/s1. The normalized spacial score (nSPS) is 19.1. The number of nitrogens with one attached hydrogen (secondary N) is 2. The zero-order valence-corrected chi connectivity index (χ0v) is 14.4. The average Bonchev–Trinajstić information content (AvgIpc) is 2.85. The molecule has 8 heteroatoms. The molecular formula is C14H20N2O4S2. The molecule has 0 fully saturated rings. The minimum atomic E-state index is -3.48. The molecule has 1 aliphatic rings. The smallest absolute Gasteiger partial charge is 0.272 e. The van der Waals surface area contributed by atoms with Crippen LogP contribution in [0, 0.1) is 5.92 Å². The molecule has 1 heterocycles. The highest BCUT2D eigenvalue weighted by atomic mass is 32.2. The fraction of sp³-hybridized carbons (Fsp3) is 0.571. The molecule has 0 saturated heterocycles. The van der Waals surface area contributed by atoms with E-state index in [1.54, 1.807) is 0 Å². The maximum atomic E-state index is 12.1. The van der Waals surface area contributed by atoms with Gasteiger partial charge in [-0.3, -0.25) is 20.4 Å². The number of fused-ring (bicyclic) bond motifs is 1. The van der Waals surface area contributed by atoms with Gasteiger partial charge in [0.05, 0.1) is 4.88 Å². The van der Waals surface area contributed by atoms with Crippen LogP contribution in [0.4, 0.5) is 0 Å². The van der Waals surface area contributed by atoms with Gasteiger partial charge in [-0.2, -0.15) is 0 Å². The van der Waals surface area contributed by atoms with Crippen molar-refractivity contribution in [2.75, 3.05) is 6.26 Å². The fourth-order valence-electron chi connectivity index (χ4n) is 2.29. The molecule has 6 nitrogen and oxygen atoms in total. The van der Waals surface area contributed by atoms with E-state index in [0.717, 1.165) is 25.5 Å². The summed E-state index contributed by atoms with van der Waals surface area (Å²) in [4.78, 5) is 25.5. The van der Waals surface area contributed by atoms with Crippen molar-refractivity contribution in [2.45, 2.75) is 38.4 Å². The Morgan fingerprint density at radius 2 is 2.05 bits per heavy atom. The molecule has 1 aromatic rings. The first-order valence-electron chi connectivity index (χ1n) is 7.09. The Labute approximate surface area is 134 Å². The number of rotatable bonds is 3. The van der Waals surface area contributed by atoms with E-state index in [1.165, 1.54) is 28.7 Å². The van der Waals surface area contributed by atoms with Crippen LogP contribution < -0.4 is 10.9 Å². The molecule has 2 amide bonds. The van der Waals surface area contributed by atoms with Gasteiger partial charge in [0.15, 0.2) is 9.84 Å². The summed E-state index contributed by atoms with van der Waals surface area (Å²) in [7, 11) is -3.48. The Bertz CT molecular complexity index is 694. The first kappa shape index (κ1) is 17.0. The number of amides is 2. The monoisotopic (exact) mass is 344 g/mol. The number of hydrogen-bond acceptors (Lipinski definition) is 5. The minimum absolute atomic E-state index is 0.416. The quantitative estimate of drug-likeness (QED) is 0.802. The largest absolute Gasteiger partial charge is 0.279 e. The van der Waals surface area contributed by atoms with Gasteiger partial charge in [-0.25, -0.2) is 8.42 Å². The number of thiophene rings is 1. The molecule has 0 spiro atoms. The predicted molar refractivity (Wildman–Crippen MR) is 85.4 cm³/mol. The van der Waals surface area contributed by atoms with Crippen LogP contribution in [-0.2, 0) is 27.5 Å². The molecular weight excluding hydrogens is 324 g/mol. The summed E-state index contributed by atoms with van der Waals surface area (Å²) in [5, 5.41) is -1.20. The number of hydrazine groups is 1. The highest BCUT2D eigenvalue weighted by Crippen LogP contribution is 2.32. The van der Waals surface area contributed by atoms with Crippen LogP contribution in [0.1, 0.15) is 40.4 Å². The molecule has 122 valence electrons. The summed E-state index contributed by atoms with van der Waals surface area (Å²) in [5.41, 5.74) is 5.64. The van der Waals surface area contributed by atoms with Crippen LogP contribution >= 0.6 is 11.3 Å². The van der Waals surface area contributed by atoms with Gasteiger partial charge in [0.2, 0.25) is 0 Å². The molecule has 2 rings (SSSR count). The van der Waals surface area contributed by atoms with Crippen molar-refractivity contribution >= 4 is 33.0 Å². The van der Waals surface area contributed by atoms with Crippen molar-refractivity contribution in [3.05, 3.63) is 21.4 Å². The van der Waals surface area contributed by atoms with Crippen molar-refractivity contribution in [1.82, 2.24) is 10.9 Å². The third-order valence-electron chi connectivity index (χ3n) is 3.86. The molecule has 0 saturated carbocycles. The molecule has 1 aromatic heterocycles. The van der Waals surface area contributed by atoms with Crippen LogP contribution in [0.3, 0.4) is 0 Å². The summed E-state index contributed by atoms with van der Waals surface area (Å²) >= 11 is 1.43. The maximum absolute atomic E-state index is 12.1. The summed E-state index contributed by atoms with van der Waals surface area (Å²) in [6.07, 6.45) is 4.05. The molecule has 1 aliphatic carbocycles. The number of aryl methyl sites for hydroxylation is 1. The summed E-state index contributed by atoms with van der Waals surface area (Å²) in [6, 6.07) is 1.86. The van der Waals surface area contributed by atoms with E-state index in [-0.39, 0.29) is 0 Å². The first-order chi connectivity index (χ1) is 10.2. The van der Waals surface area contributed by atoms with Crippen molar-refractivity contribution in [3.8, 4) is 0 Å². The Hall–Kier alpha value is -1.41. The molecule has 0 aromatic carbocycles. The van der Waals surface area contributed by atoms with Gasteiger partial charge in [-0.15, -0.1) is 11.3 Å². The third-order valence-corrected chi connectivity index (χ3v) is 6.60. The lowest BCUT2D eigenvalue weighted by molar-refractivity contribution is -0.121. The fourth-order valence-corrected chi connectivity index (χ4v) is 3.85. The van der Waals surface area contributed by atoms with Crippen molar-refractivity contribution in [3.63, 3.8) is 0 Å². The van der Waals surface area contributed by atoms with E-state index in [1.807, 2.05) is 6.07 Å². The highest BCUT2D eigenvalue weighted by Gasteiger charge is 2.25. The first-order valence-corrected chi connectivity index (χ1v) is 9.86. The minimum Gasteiger partial charge on any atom is -0.272 e. The Balaban J connectivity index is 1.97. The van der Waals surface area contributed by atoms with Crippen LogP contribution in [0.15, 0.2) is 6.07 Å². The molecule has 2 atom stereocenters. The van der Waals surface area contributed by atoms with Crippen LogP contribution in [0.5, 0.6) is 0 Å². The van der Waals surface area contributed by atoms with E-state index >= 15 is 0 Å². The molecule has 2 N–H and O–H groups in total. The molecule has 0 radical (unpaired) electrons.